The number of benzene rings is 2. The molecular formula is C19H21NO3. The second-order valence-corrected chi connectivity index (χ2v) is 6.35. The van der Waals surface area contributed by atoms with Crippen LogP contribution in [0.5, 0.6) is 17.2 Å². The summed E-state index contributed by atoms with van der Waals surface area (Å²) >= 11 is 0. The molecule has 1 aliphatic heterocycles. The molecule has 2 aromatic carbocycles. The molecule has 0 spiro atoms. The van der Waals surface area contributed by atoms with Crippen LogP contribution >= 0.6 is 0 Å². The minimum absolute atomic E-state index is 0.229. The van der Waals surface area contributed by atoms with Gasteiger partial charge in [-0.3, -0.25) is 4.90 Å². The summed E-state index contributed by atoms with van der Waals surface area (Å²) in [4.78, 5) is 2.41. The molecule has 23 heavy (non-hydrogen) atoms. The van der Waals surface area contributed by atoms with Crippen molar-refractivity contribution in [2.75, 3.05) is 27.8 Å². The molecule has 0 amide bonds. The summed E-state index contributed by atoms with van der Waals surface area (Å²) in [6.45, 7) is 1.04. The smallest absolute Gasteiger partial charge is 0.165 e. The third-order valence-electron chi connectivity index (χ3n) is 5.20. The number of nitrogens with zero attached hydrogens (tertiary/aromatic N) is 1. The van der Waals surface area contributed by atoms with Gasteiger partial charge in [0.1, 0.15) is 5.75 Å². The van der Waals surface area contributed by atoms with Crippen molar-refractivity contribution in [1.29, 1.82) is 0 Å². The zero-order valence-corrected chi connectivity index (χ0v) is 13.7. The summed E-state index contributed by atoms with van der Waals surface area (Å²) in [5.41, 5.74) is 5.79. The fourth-order valence-electron chi connectivity index (χ4n) is 4.00. The molecule has 0 aromatic heterocycles. The molecule has 2 aromatic rings. The van der Waals surface area contributed by atoms with Gasteiger partial charge in [-0.2, -0.15) is 0 Å². The maximum atomic E-state index is 10.7. The number of rotatable bonds is 2. The van der Waals surface area contributed by atoms with Gasteiger partial charge in [-0.25, -0.2) is 0 Å². The molecule has 4 rings (SSSR count). The van der Waals surface area contributed by atoms with E-state index in [9.17, 15) is 5.11 Å². The monoisotopic (exact) mass is 311 g/mol. The lowest BCUT2D eigenvalue weighted by Gasteiger charge is -2.40. The first kappa shape index (κ1) is 14.4. The maximum absolute atomic E-state index is 10.7. The third-order valence-corrected chi connectivity index (χ3v) is 5.20. The molecule has 0 radical (unpaired) electrons. The van der Waals surface area contributed by atoms with Crippen LogP contribution in [-0.2, 0) is 12.8 Å². The quantitative estimate of drug-likeness (QED) is 0.925. The molecule has 0 saturated carbocycles. The highest BCUT2D eigenvalue weighted by atomic mass is 16.5. The summed E-state index contributed by atoms with van der Waals surface area (Å²) < 4.78 is 10.8. The number of aromatic hydroxyl groups is 1. The number of methoxy groups -OCH3 is 2. The van der Waals surface area contributed by atoms with Crippen LogP contribution in [0.4, 0.5) is 0 Å². The van der Waals surface area contributed by atoms with E-state index in [1.165, 1.54) is 11.1 Å². The largest absolute Gasteiger partial charge is 0.504 e. The zero-order chi connectivity index (χ0) is 16.1. The van der Waals surface area contributed by atoms with E-state index in [0.29, 0.717) is 11.8 Å². The zero-order valence-electron chi connectivity index (χ0n) is 13.7. The summed E-state index contributed by atoms with van der Waals surface area (Å²) in [6, 6.07) is 8.46. The molecule has 4 heteroatoms. The second-order valence-electron chi connectivity index (χ2n) is 6.35. The van der Waals surface area contributed by atoms with Crippen LogP contribution in [0.1, 0.15) is 22.7 Å². The van der Waals surface area contributed by atoms with E-state index in [4.69, 9.17) is 9.47 Å². The molecule has 4 nitrogen and oxygen atoms in total. The standard InChI is InChI=1S/C19H21NO3/c1-20-7-6-12-8-13(22-2)10-14-17(12)15(20)9-11-4-5-16(23-3)19(21)18(11)14/h4-5,8,10,15,21H,6-7,9H2,1-3H3/t15-/m0/s1. The van der Waals surface area contributed by atoms with Crippen LogP contribution in [0.25, 0.3) is 11.1 Å². The Morgan fingerprint density at radius 2 is 1.96 bits per heavy atom. The van der Waals surface area contributed by atoms with Gasteiger partial charge in [-0.15, -0.1) is 0 Å². The lowest BCUT2D eigenvalue weighted by atomic mass is 9.76. The van der Waals surface area contributed by atoms with E-state index in [1.807, 2.05) is 12.1 Å². The topological polar surface area (TPSA) is 41.9 Å². The van der Waals surface area contributed by atoms with Crippen LogP contribution in [0.15, 0.2) is 24.3 Å². The average Bonchev–Trinajstić information content (AvgIpc) is 2.57. The Balaban J connectivity index is 2.04. The minimum Gasteiger partial charge on any atom is -0.504 e. The molecule has 0 saturated heterocycles. The van der Waals surface area contributed by atoms with Gasteiger partial charge in [0.2, 0.25) is 0 Å². The molecule has 1 N–H and O–H groups in total. The van der Waals surface area contributed by atoms with Crippen LogP contribution in [0, 0.1) is 0 Å². The lowest BCUT2D eigenvalue weighted by molar-refractivity contribution is 0.227. The van der Waals surface area contributed by atoms with E-state index < -0.39 is 0 Å². The molecule has 0 bridgehead atoms. The van der Waals surface area contributed by atoms with Gasteiger partial charge in [0, 0.05) is 18.2 Å². The second kappa shape index (κ2) is 5.17. The normalized spacial score (nSPS) is 19.0. The van der Waals surface area contributed by atoms with E-state index in [0.717, 1.165) is 41.8 Å². The van der Waals surface area contributed by atoms with Crippen molar-refractivity contribution in [3.05, 3.63) is 41.0 Å². The number of phenols is 1. The predicted octanol–water partition coefficient (Wildman–Crippen LogP) is 3.16. The first-order valence-electron chi connectivity index (χ1n) is 7.94. The number of phenolic OH excluding ortho intramolecular Hbond substituents is 1. The van der Waals surface area contributed by atoms with Crippen molar-refractivity contribution in [3.8, 4) is 28.4 Å². The molecular weight excluding hydrogens is 290 g/mol. The number of fused-ring (bicyclic) bond motifs is 2. The Bertz CT molecular complexity index is 785. The van der Waals surface area contributed by atoms with E-state index in [2.05, 4.69) is 24.1 Å². The Morgan fingerprint density at radius 3 is 2.70 bits per heavy atom. The molecule has 1 atom stereocenters. The van der Waals surface area contributed by atoms with Gasteiger partial charge in [-0.05, 0) is 60.3 Å². The van der Waals surface area contributed by atoms with E-state index in [1.54, 1.807) is 14.2 Å². The first-order valence-corrected chi connectivity index (χ1v) is 7.94. The highest BCUT2D eigenvalue weighted by Crippen LogP contribution is 2.51. The lowest BCUT2D eigenvalue weighted by Crippen LogP contribution is -2.35. The fourth-order valence-corrected chi connectivity index (χ4v) is 4.00. The van der Waals surface area contributed by atoms with Crippen LogP contribution in [-0.4, -0.2) is 37.8 Å². The Hall–Kier alpha value is -2.20. The van der Waals surface area contributed by atoms with E-state index >= 15 is 0 Å². The summed E-state index contributed by atoms with van der Waals surface area (Å²) in [6.07, 6.45) is 1.92. The maximum Gasteiger partial charge on any atom is 0.165 e. The fraction of sp³-hybridized carbons (Fsp3) is 0.368. The molecule has 0 fully saturated rings. The Kier molecular flexibility index (Phi) is 3.23. The van der Waals surface area contributed by atoms with Crippen molar-refractivity contribution in [3.63, 3.8) is 0 Å². The summed E-state index contributed by atoms with van der Waals surface area (Å²) in [5.74, 6) is 1.59. The Labute approximate surface area is 136 Å². The summed E-state index contributed by atoms with van der Waals surface area (Å²) in [5, 5.41) is 10.7. The first-order chi connectivity index (χ1) is 11.1. The number of likely N-dealkylation sites (N-methyl/N-ethyl adjacent to an activating group) is 1. The van der Waals surface area contributed by atoms with Gasteiger partial charge in [0.25, 0.3) is 0 Å². The number of ether oxygens (including phenoxy) is 2. The van der Waals surface area contributed by atoms with Crippen molar-refractivity contribution >= 4 is 0 Å². The van der Waals surface area contributed by atoms with Gasteiger partial charge in [0.05, 0.1) is 14.2 Å². The van der Waals surface area contributed by atoms with Crippen LogP contribution in [0.2, 0.25) is 0 Å². The third kappa shape index (κ3) is 2.01. The van der Waals surface area contributed by atoms with Crippen molar-refractivity contribution < 1.29 is 14.6 Å². The average molecular weight is 311 g/mol. The van der Waals surface area contributed by atoms with E-state index in [-0.39, 0.29) is 5.75 Å². The van der Waals surface area contributed by atoms with Gasteiger partial charge in [0.15, 0.2) is 11.5 Å². The SMILES string of the molecule is COc1cc2c3c(c1)-c1c(ccc(OC)c1O)C[C@@H]3N(C)CC2. The van der Waals surface area contributed by atoms with Gasteiger partial charge < -0.3 is 14.6 Å². The van der Waals surface area contributed by atoms with Crippen molar-refractivity contribution in [2.45, 2.75) is 18.9 Å². The molecule has 1 heterocycles. The van der Waals surface area contributed by atoms with Crippen molar-refractivity contribution in [2.24, 2.45) is 0 Å². The number of hydrogen-bond acceptors (Lipinski definition) is 4. The van der Waals surface area contributed by atoms with Gasteiger partial charge >= 0.3 is 0 Å². The highest BCUT2D eigenvalue weighted by Gasteiger charge is 2.35. The summed E-state index contributed by atoms with van der Waals surface area (Å²) in [7, 11) is 5.45. The van der Waals surface area contributed by atoms with Crippen LogP contribution < -0.4 is 9.47 Å². The molecule has 0 unspecified atom stereocenters. The van der Waals surface area contributed by atoms with Gasteiger partial charge in [-0.1, -0.05) is 6.07 Å². The Morgan fingerprint density at radius 1 is 1.13 bits per heavy atom. The molecule has 2 aliphatic rings. The van der Waals surface area contributed by atoms with Crippen LogP contribution in [0.3, 0.4) is 0 Å². The molecule has 1 aliphatic carbocycles. The number of hydrogen-bond donors (Lipinski definition) is 1. The minimum atomic E-state index is 0.229. The highest BCUT2D eigenvalue weighted by molar-refractivity contribution is 5.83. The molecule has 120 valence electrons. The predicted molar refractivity (Wildman–Crippen MR) is 89.4 cm³/mol. The van der Waals surface area contributed by atoms with Crippen molar-refractivity contribution in [1.82, 2.24) is 4.90 Å².